The molecule has 1 fully saturated rings. The largest absolute Gasteiger partial charge is 0.390 e. The molecule has 1 saturated carbocycles. The van der Waals surface area contributed by atoms with Crippen molar-refractivity contribution in [2.75, 3.05) is 0 Å². The van der Waals surface area contributed by atoms with Crippen molar-refractivity contribution in [2.24, 2.45) is 5.92 Å². The molecule has 3 aromatic heterocycles. The fraction of sp³-hybridized carbons (Fsp3) is 0.417. The van der Waals surface area contributed by atoms with E-state index in [4.69, 9.17) is 4.98 Å². The van der Waals surface area contributed by atoms with E-state index in [1.807, 2.05) is 26.8 Å². The standard InChI is InChI=1S/C24H28N4O3S/c1-16-26-21-15-25-23-20(13-14-27(23)32(30,31)19-7-5-4-6-8-19)22(21)28(16)18-11-9-17(10-12-18)24(2,3)29/h4-8,13-15,17-18,29H,9-12H2,1-3H3. The molecular weight excluding hydrogens is 424 g/mol. The van der Waals surface area contributed by atoms with Gasteiger partial charge < -0.3 is 9.67 Å². The number of rotatable bonds is 4. The number of fused-ring (bicyclic) bond motifs is 3. The predicted molar refractivity (Wildman–Crippen MR) is 124 cm³/mol. The van der Waals surface area contributed by atoms with Gasteiger partial charge in [0.15, 0.2) is 5.65 Å². The molecule has 4 aromatic rings. The summed E-state index contributed by atoms with van der Waals surface area (Å²) in [6.45, 7) is 5.77. The van der Waals surface area contributed by atoms with Gasteiger partial charge in [-0.3, -0.25) is 0 Å². The summed E-state index contributed by atoms with van der Waals surface area (Å²) in [4.78, 5) is 9.44. The maximum absolute atomic E-state index is 13.2. The monoisotopic (exact) mass is 452 g/mol. The molecule has 3 heterocycles. The molecule has 0 amide bonds. The van der Waals surface area contributed by atoms with Crippen molar-refractivity contribution in [1.82, 2.24) is 18.5 Å². The first-order chi connectivity index (χ1) is 15.2. The number of nitrogens with zero attached hydrogens (tertiary/aromatic N) is 4. The Bertz CT molecular complexity index is 1390. The van der Waals surface area contributed by atoms with Gasteiger partial charge in [-0.15, -0.1) is 0 Å². The topological polar surface area (TPSA) is 90.0 Å². The number of hydrogen-bond acceptors (Lipinski definition) is 5. The van der Waals surface area contributed by atoms with Gasteiger partial charge in [-0.1, -0.05) is 18.2 Å². The number of imidazole rings is 1. The quantitative estimate of drug-likeness (QED) is 0.495. The van der Waals surface area contributed by atoms with Crippen LogP contribution in [0.15, 0.2) is 53.7 Å². The minimum atomic E-state index is -3.75. The molecule has 168 valence electrons. The Balaban J connectivity index is 1.61. The molecule has 0 aliphatic heterocycles. The molecule has 1 aliphatic rings. The third kappa shape index (κ3) is 3.33. The van der Waals surface area contributed by atoms with Crippen LogP contribution in [0.4, 0.5) is 0 Å². The van der Waals surface area contributed by atoms with Gasteiger partial charge in [-0.25, -0.2) is 22.4 Å². The minimum absolute atomic E-state index is 0.231. The van der Waals surface area contributed by atoms with Crippen LogP contribution in [-0.4, -0.2) is 37.6 Å². The molecule has 0 unspecified atom stereocenters. The second-order valence-corrected chi connectivity index (χ2v) is 11.2. The molecule has 8 heteroatoms. The van der Waals surface area contributed by atoms with E-state index in [1.165, 1.54) is 3.97 Å². The molecule has 1 N–H and O–H groups in total. The summed E-state index contributed by atoms with van der Waals surface area (Å²) in [5.41, 5.74) is 1.44. The highest BCUT2D eigenvalue weighted by atomic mass is 32.2. The van der Waals surface area contributed by atoms with Gasteiger partial charge in [0.25, 0.3) is 10.0 Å². The summed E-state index contributed by atoms with van der Waals surface area (Å²) in [5, 5.41) is 11.2. The summed E-state index contributed by atoms with van der Waals surface area (Å²) in [5.74, 6) is 1.19. The van der Waals surface area contributed by atoms with Crippen molar-refractivity contribution in [2.45, 2.75) is 63.0 Å². The number of hydrogen-bond donors (Lipinski definition) is 1. The zero-order valence-corrected chi connectivity index (χ0v) is 19.4. The molecule has 0 bridgehead atoms. The van der Waals surface area contributed by atoms with Gasteiger partial charge in [0.1, 0.15) is 11.3 Å². The smallest absolute Gasteiger partial charge is 0.269 e. The van der Waals surface area contributed by atoms with E-state index in [0.717, 1.165) is 47.9 Å². The van der Waals surface area contributed by atoms with E-state index >= 15 is 0 Å². The van der Waals surface area contributed by atoms with Crippen molar-refractivity contribution >= 4 is 32.1 Å². The van der Waals surface area contributed by atoms with Crippen LogP contribution in [0.2, 0.25) is 0 Å². The Morgan fingerprint density at radius 3 is 2.41 bits per heavy atom. The molecule has 0 spiro atoms. The van der Waals surface area contributed by atoms with Gasteiger partial charge in [-0.2, -0.15) is 0 Å². The summed E-state index contributed by atoms with van der Waals surface area (Å²) in [7, 11) is -3.75. The van der Waals surface area contributed by atoms with Crippen LogP contribution in [0.5, 0.6) is 0 Å². The first-order valence-corrected chi connectivity index (χ1v) is 12.5. The SMILES string of the molecule is Cc1nc2cnc3c(ccn3S(=O)(=O)c3ccccc3)c2n1C1CCC(C(C)(C)O)CC1. The van der Waals surface area contributed by atoms with Gasteiger partial charge in [-0.05, 0) is 70.6 Å². The minimum Gasteiger partial charge on any atom is -0.390 e. The Hall–Kier alpha value is -2.71. The first kappa shape index (κ1) is 21.2. The van der Waals surface area contributed by atoms with E-state index in [2.05, 4.69) is 9.55 Å². The van der Waals surface area contributed by atoms with Gasteiger partial charge in [0.05, 0.1) is 22.2 Å². The van der Waals surface area contributed by atoms with Crippen LogP contribution in [0.25, 0.3) is 22.1 Å². The number of aromatic nitrogens is 4. The normalized spacial score (nSPS) is 20.2. The summed E-state index contributed by atoms with van der Waals surface area (Å²) < 4.78 is 30.0. The lowest BCUT2D eigenvalue weighted by Crippen LogP contribution is -2.34. The van der Waals surface area contributed by atoms with Crippen molar-refractivity contribution in [1.29, 1.82) is 0 Å². The number of aryl methyl sites for hydroxylation is 1. The lowest BCUT2D eigenvalue weighted by atomic mass is 9.77. The molecule has 7 nitrogen and oxygen atoms in total. The third-order valence-corrected chi connectivity index (χ3v) is 8.55. The van der Waals surface area contributed by atoms with E-state index in [-0.39, 0.29) is 16.9 Å². The average molecular weight is 453 g/mol. The lowest BCUT2D eigenvalue weighted by Gasteiger charge is -2.36. The molecule has 1 aromatic carbocycles. The second kappa shape index (κ2) is 7.42. The van der Waals surface area contributed by atoms with E-state index in [0.29, 0.717) is 5.65 Å². The van der Waals surface area contributed by atoms with E-state index < -0.39 is 15.6 Å². The summed E-state index contributed by atoms with van der Waals surface area (Å²) in [6.07, 6.45) is 7.05. The van der Waals surface area contributed by atoms with Crippen LogP contribution < -0.4 is 0 Å². The first-order valence-electron chi connectivity index (χ1n) is 11.1. The zero-order valence-electron chi connectivity index (χ0n) is 18.6. The second-order valence-electron chi connectivity index (χ2n) is 9.35. The van der Waals surface area contributed by atoms with Crippen molar-refractivity contribution < 1.29 is 13.5 Å². The van der Waals surface area contributed by atoms with Crippen LogP contribution >= 0.6 is 0 Å². The maximum atomic E-state index is 13.2. The van der Waals surface area contributed by atoms with Crippen LogP contribution in [0.1, 0.15) is 51.4 Å². The van der Waals surface area contributed by atoms with Crippen LogP contribution in [0, 0.1) is 12.8 Å². The van der Waals surface area contributed by atoms with Crippen molar-refractivity contribution in [3.63, 3.8) is 0 Å². The maximum Gasteiger partial charge on any atom is 0.269 e. The Morgan fingerprint density at radius 2 is 1.75 bits per heavy atom. The lowest BCUT2D eigenvalue weighted by molar-refractivity contribution is -0.00474. The Morgan fingerprint density at radius 1 is 1.06 bits per heavy atom. The van der Waals surface area contributed by atoms with E-state index in [1.54, 1.807) is 42.7 Å². The van der Waals surface area contributed by atoms with Gasteiger partial charge in [0, 0.05) is 17.6 Å². The predicted octanol–water partition coefficient (Wildman–Crippen LogP) is 4.43. The summed E-state index contributed by atoms with van der Waals surface area (Å²) >= 11 is 0. The average Bonchev–Trinajstić information content (AvgIpc) is 3.34. The number of pyridine rings is 1. The molecule has 0 radical (unpaired) electrons. The zero-order chi connectivity index (χ0) is 22.7. The number of benzene rings is 1. The molecule has 1 aliphatic carbocycles. The highest BCUT2D eigenvalue weighted by Gasteiger charge is 2.33. The Labute approximate surface area is 187 Å². The Kier molecular flexibility index (Phi) is 4.90. The van der Waals surface area contributed by atoms with Gasteiger partial charge in [0.2, 0.25) is 0 Å². The third-order valence-electron chi connectivity index (χ3n) is 6.87. The fourth-order valence-electron chi connectivity index (χ4n) is 5.15. The molecular formula is C24H28N4O3S. The number of aliphatic hydroxyl groups is 1. The fourth-order valence-corrected chi connectivity index (χ4v) is 6.47. The molecule has 32 heavy (non-hydrogen) atoms. The molecule has 0 atom stereocenters. The highest BCUT2D eigenvalue weighted by Crippen LogP contribution is 2.40. The molecule has 5 rings (SSSR count). The van der Waals surface area contributed by atoms with Crippen molar-refractivity contribution in [3.8, 4) is 0 Å². The van der Waals surface area contributed by atoms with Crippen molar-refractivity contribution in [3.05, 3.63) is 54.6 Å². The van der Waals surface area contributed by atoms with Gasteiger partial charge >= 0.3 is 0 Å². The molecule has 0 saturated heterocycles. The van der Waals surface area contributed by atoms with Crippen LogP contribution in [-0.2, 0) is 10.0 Å². The van der Waals surface area contributed by atoms with E-state index in [9.17, 15) is 13.5 Å². The summed E-state index contributed by atoms with van der Waals surface area (Å²) in [6, 6.07) is 10.5. The highest BCUT2D eigenvalue weighted by molar-refractivity contribution is 7.90. The van der Waals surface area contributed by atoms with Crippen LogP contribution in [0.3, 0.4) is 0 Å².